The minimum Gasteiger partial charge on any atom is -0.298 e. The number of hydrogen-bond donors (Lipinski definition) is 0. The third-order valence-electron chi connectivity index (χ3n) is 4.53. The fourth-order valence-corrected chi connectivity index (χ4v) is 3.16. The molecule has 2 aromatic carbocycles. The summed E-state index contributed by atoms with van der Waals surface area (Å²) in [6.07, 6.45) is 2.13. The highest BCUT2D eigenvalue weighted by Crippen LogP contribution is 2.09. The van der Waals surface area contributed by atoms with Crippen molar-refractivity contribution in [2.24, 2.45) is 0 Å². The lowest BCUT2D eigenvalue weighted by molar-refractivity contribution is 0.221. The normalized spacial score (nSPS) is 10.7. The molecule has 0 amide bonds. The topological polar surface area (TPSA) is 54.1 Å². The predicted molar refractivity (Wildman–Crippen MR) is 109 cm³/mol. The molecule has 140 valence electrons. The van der Waals surface area contributed by atoms with Crippen LogP contribution < -0.4 is 0 Å². The Bertz CT molecular complexity index is 652. The van der Waals surface area contributed by atoms with E-state index < -0.39 is 0 Å². The Kier molecular flexibility index (Phi) is 9.68. The van der Waals surface area contributed by atoms with Crippen molar-refractivity contribution in [3.8, 4) is 12.1 Å². The molecule has 0 saturated carbocycles. The van der Waals surface area contributed by atoms with Gasteiger partial charge in [0.05, 0.1) is 12.1 Å². The van der Waals surface area contributed by atoms with Gasteiger partial charge in [-0.15, -0.1) is 0 Å². The predicted octanol–water partition coefficient (Wildman–Crippen LogP) is 4.21. The third kappa shape index (κ3) is 8.51. The molecule has 0 fully saturated rings. The van der Waals surface area contributed by atoms with Gasteiger partial charge in [-0.2, -0.15) is 10.5 Å². The monoisotopic (exact) mass is 360 g/mol. The Balaban J connectivity index is 1.86. The fraction of sp³-hybridized carbons (Fsp3) is 0.391. The second-order valence-electron chi connectivity index (χ2n) is 6.69. The van der Waals surface area contributed by atoms with Gasteiger partial charge in [0.2, 0.25) is 0 Å². The van der Waals surface area contributed by atoms with Crippen LogP contribution in [0.2, 0.25) is 0 Å². The second-order valence-corrected chi connectivity index (χ2v) is 6.69. The van der Waals surface area contributed by atoms with Gasteiger partial charge in [-0.1, -0.05) is 60.7 Å². The summed E-state index contributed by atoms with van der Waals surface area (Å²) in [5.41, 5.74) is 2.56. The molecule has 0 saturated heterocycles. The van der Waals surface area contributed by atoms with Crippen molar-refractivity contribution in [1.82, 2.24) is 9.80 Å². The van der Waals surface area contributed by atoms with Crippen LogP contribution in [-0.2, 0) is 13.1 Å². The molecule has 4 nitrogen and oxygen atoms in total. The lowest BCUT2D eigenvalue weighted by Crippen LogP contribution is -2.31. The van der Waals surface area contributed by atoms with E-state index >= 15 is 0 Å². The lowest BCUT2D eigenvalue weighted by atomic mass is 10.2. The molecule has 0 unspecified atom stereocenters. The van der Waals surface area contributed by atoms with Gasteiger partial charge in [0.15, 0.2) is 0 Å². The molecule has 0 aliphatic carbocycles. The first kappa shape index (κ1) is 20.6. The zero-order valence-electron chi connectivity index (χ0n) is 15.9. The fourth-order valence-electron chi connectivity index (χ4n) is 3.16. The van der Waals surface area contributed by atoms with Crippen molar-refractivity contribution < 1.29 is 0 Å². The number of rotatable bonds is 12. The minimum atomic E-state index is 0.551. The van der Waals surface area contributed by atoms with Crippen LogP contribution in [0.3, 0.4) is 0 Å². The summed E-state index contributed by atoms with van der Waals surface area (Å²) >= 11 is 0. The molecule has 2 rings (SSSR count). The van der Waals surface area contributed by atoms with Crippen LogP contribution in [0.1, 0.15) is 30.4 Å². The van der Waals surface area contributed by atoms with Gasteiger partial charge in [-0.3, -0.25) is 9.80 Å². The van der Waals surface area contributed by atoms with E-state index in [2.05, 4.69) is 70.5 Å². The first-order valence-corrected chi connectivity index (χ1v) is 9.58. The Hall–Kier alpha value is -2.66. The van der Waals surface area contributed by atoms with Crippen LogP contribution in [0.25, 0.3) is 0 Å². The zero-order chi connectivity index (χ0) is 19.2. The molecular weight excluding hydrogens is 332 g/mol. The van der Waals surface area contributed by atoms with E-state index in [1.807, 2.05) is 12.1 Å². The maximum atomic E-state index is 8.94. The zero-order valence-corrected chi connectivity index (χ0v) is 15.9. The summed E-state index contributed by atoms with van der Waals surface area (Å²) in [6.45, 7) is 5.24. The van der Waals surface area contributed by atoms with Gasteiger partial charge in [-0.25, -0.2) is 0 Å². The molecule has 0 aliphatic rings. The average Bonchev–Trinajstić information content (AvgIpc) is 2.71. The van der Waals surface area contributed by atoms with Gasteiger partial charge in [-0.05, 0) is 30.6 Å². The highest BCUT2D eigenvalue weighted by Gasteiger charge is 2.09. The highest BCUT2D eigenvalue weighted by atomic mass is 15.1. The molecule has 0 heterocycles. The van der Waals surface area contributed by atoms with Crippen molar-refractivity contribution in [2.45, 2.75) is 32.4 Å². The van der Waals surface area contributed by atoms with E-state index in [-0.39, 0.29) is 0 Å². The van der Waals surface area contributed by atoms with Gasteiger partial charge in [0, 0.05) is 39.0 Å². The van der Waals surface area contributed by atoms with Crippen LogP contribution in [-0.4, -0.2) is 36.0 Å². The molecule has 0 N–H and O–H groups in total. The summed E-state index contributed by atoms with van der Waals surface area (Å²) in [4.78, 5) is 4.70. The molecule has 0 bridgehead atoms. The first-order chi connectivity index (χ1) is 13.3. The molecule has 27 heavy (non-hydrogen) atoms. The summed E-state index contributed by atoms with van der Waals surface area (Å²) in [6, 6.07) is 25.3. The Labute approximate surface area is 163 Å². The number of nitriles is 2. The maximum Gasteiger partial charge on any atom is 0.0635 e. The van der Waals surface area contributed by atoms with Crippen molar-refractivity contribution >= 4 is 0 Å². The largest absolute Gasteiger partial charge is 0.298 e. The van der Waals surface area contributed by atoms with Gasteiger partial charge >= 0.3 is 0 Å². The molecule has 2 aromatic rings. The summed E-state index contributed by atoms with van der Waals surface area (Å²) in [7, 11) is 0. The van der Waals surface area contributed by atoms with Crippen LogP contribution in [0, 0.1) is 22.7 Å². The summed E-state index contributed by atoms with van der Waals surface area (Å²) in [5.74, 6) is 0. The van der Waals surface area contributed by atoms with Crippen molar-refractivity contribution in [3.63, 3.8) is 0 Å². The highest BCUT2D eigenvalue weighted by molar-refractivity contribution is 5.15. The maximum absolute atomic E-state index is 8.94. The number of nitrogens with zero attached hydrogens (tertiary/aromatic N) is 4. The molecule has 0 atom stereocenters. The number of benzene rings is 2. The average molecular weight is 361 g/mol. The second kappa shape index (κ2) is 12.7. The van der Waals surface area contributed by atoms with Crippen molar-refractivity contribution in [1.29, 1.82) is 10.5 Å². The molecule has 0 radical (unpaired) electrons. The summed E-state index contributed by atoms with van der Waals surface area (Å²) in [5, 5.41) is 17.9. The Morgan fingerprint density at radius 3 is 1.37 bits per heavy atom. The van der Waals surface area contributed by atoms with Crippen LogP contribution in [0.4, 0.5) is 0 Å². The molecule has 4 heteroatoms. The smallest absolute Gasteiger partial charge is 0.0635 e. The standard InChI is InChI=1S/C23H28N4/c24-14-7-16-26(20-22-10-3-1-4-11-22)18-9-19-27(17-8-15-25)21-23-12-5-2-6-13-23/h1-6,10-13H,7-9,16-21H2. The van der Waals surface area contributed by atoms with Gasteiger partial charge in [0.25, 0.3) is 0 Å². The molecule has 0 aromatic heterocycles. The lowest BCUT2D eigenvalue weighted by Gasteiger charge is -2.25. The van der Waals surface area contributed by atoms with Gasteiger partial charge < -0.3 is 0 Å². The SMILES string of the molecule is N#CCCN(CCCN(CCC#N)Cc1ccccc1)Cc1ccccc1. The van der Waals surface area contributed by atoms with E-state index in [4.69, 9.17) is 10.5 Å². The third-order valence-corrected chi connectivity index (χ3v) is 4.53. The minimum absolute atomic E-state index is 0.551. The molecule has 0 spiro atoms. The Morgan fingerprint density at radius 2 is 1.00 bits per heavy atom. The summed E-state index contributed by atoms with van der Waals surface area (Å²) < 4.78 is 0. The van der Waals surface area contributed by atoms with E-state index in [1.54, 1.807) is 0 Å². The molecule has 0 aliphatic heterocycles. The molecular formula is C23H28N4. The van der Waals surface area contributed by atoms with E-state index in [1.165, 1.54) is 11.1 Å². The van der Waals surface area contributed by atoms with Crippen molar-refractivity contribution in [2.75, 3.05) is 26.2 Å². The van der Waals surface area contributed by atoms with E-state index in [0.717, 1.165) is 45.7 Å². The number of hydrogen-bond acceptors (Lipinski definition) is 4. The first-order valence-electron chi connectivity index (χ1n) is 9.58. The van der Waals surface area contributed by atoms with Crippen molar-refractivity contribution in [3.05, 3.63) is 71.8 Å². The van der Waals surface area contributed by atoms with Gasteiger partial charge in [0.1, 0.15) is 0 Å². The van der Waals surface area contributed by atoms with E-state index in [9.17, 15) is 0 Å². The van der Waals surface area contributed by atoms with Crippen LogP contribution >= 0.6 is 0 Å². The van der Waals surface area contributed by atoms with E-state index in [0.29, 0.717) is 12.8 Å². The Morgan fingerprint density at radius 1 is 0.593 bits per heavy atom. The quantitative estimate of drug-likeness (QED) is 0.569. The van der Waals surface area contributed by atoms with Crippen LogP contribution in [0.5, 0.6) is 0 Å². The van der Waals surface area contributed by atoms with Crippen LogP contribution in [0.15, 0.2) is 60.7 Å².